The molecule has 2 rings (SSSR count). The Hall–Kier alpha value is -2.14. The highest BCUT2D eigenvalue weighted by Gasteiger charge is 2.18. The molecule has 0 saturated heterocycles. The maximum absolute atomic E-state index is 12.5. The van der Waals surface area contributed by atoms with Crippen molar-refractivity contribution in [3.8, 4) is 0 Å². The molecule has 1 aromatic heterocycles. The van der Waals surface area contributed by atoms with Gasteiger partial charge in [-0.05, 0) is 20.0 Å². The van der Waals surface area contributed by atoms with E-state index < -0.39 is 0 Å². The molecule has 0 bridgehead atoms. The number of aromatic amines is 1. The van der Waals surface area contributed by atoms with Gasteiger partial charge >= 0.3 is 0 Å². The van der Waals surface area contributed by atoms with Crippen LogP contribution in [0.3, 0.4) is 0 Å². The van der Waals surface area contributed by atoms with Gasteiger partial charge in [0.1, 0.15) is 0 Å². The molecule has 21 heavy (non-hydrogen) atoms. The summed E-state index contributed by atoms with van der Waals surface area (Å²) in [6, 6.07) is 7.76. The van der Waals surface area contributed by atoms with Gasteiger partial charge in [-0.25, -0.2) is 0 Å². The standard InChI is InChI=1S/C16H21N3O2/c1-11-16(12-7-5-6-8-13(12)17-11)14(20)9-19(4)10-15(21)18(2)3/h5-8,17H,9-10H2,1-4H3. The number of aryl methyl sites for hydroxylation is 1. The fourth-order valence-electron chi connectivity index (χ4n) is 2.39. The molecule has 1 N–H and O–H groups in total. The molecule has 5 heteroatoms. The van der Waals surface area contributed by atoms with Gasteiger partial charge in [-0.2, -0.15) is 0 Å². The highest BCUT2D eigenvalue weighted by molar-refractivity contribution is 6.10. The number of fused-ring (bicyclic) bond motifs is 1. The zero-order valence-corrected chi connectivity index (χ0v) is 12.9. The number of hydrogen-bond donors (Lipinski definition) is 1. The molecule has 0 spiro atoms. The first-order valence-electron chi connectivity index (χ1n) is 6.89. The number of ketones is 1. The maximum atomic E-state index is 12.5. The Labute approximate surface area is 124 Å². The van der Waals surface area contributed by atoms with Gasteiger partial charge in [0.15, 0.2) is 5.78 Å². The number of nitrogens with one attached hydrogen (secondary N) is 1. The van der Waals surface area contributed by atoms with Crippen molar-refractivity contribution in [3.05, 3.63) is 35.5 Å². The quantitative estimate of drug-likeness (QED) is 0.851. The molecule has 5 nitrogen and oxygen atoms in total. The van der Waals surface area contributed by atoms with Gasteiger partial charge in [0, 0.05) is 36.3 Å². The monoisotopic (exact) mass is 287 g/mol. The first kappa shape index (κ1) is 15.3. The Morgan fingerprint density at radius 2 is 1.76 bits per heavy atom. The van der Waals surface area contributed by atoms with Crippen molar-refractivity contribution in [2.24, 2.45) is 0 Å². The SMILES string of the molecule is Cc1[nH]c2ccccc2c1C(=O)CN(C)CC(=O)N(C)C. The molecule has 0 aliphatic heterocycles. The van der Waals surface area contributed by atoms with E-state index in [1.54, 1.807) is 26.0 Å². The molecule has 0 radical (unpaired) electrons. The largest absolute Gasteiger partial charge is 0.358 e. The van der Waals surface area contributed by atoms with E-state index in [2.05, 4.69) is 4.98 Å². The van der Waals surface area contributed by atoms with E-state index in [1.165, 1.54) is 4.90 Å². The fraction of sp³-hybridized carbons (Fsp3) is 0.375. The Morgan fingerprint density at radius 1 is 1.10 bits per heavy atom. The summed E-state index contributed by atoms with van der Waals surface area (Å²) in [6.45, 7) is 2.36. The number of carbonyl (C=O) groups excluding carboxylic acids is 2. The van der Waals surface area contributed by atoms with Gasteiger partial charge in [0.2, 0.25) is 5.91 Å². The van der Waals surface area contributed by atoms with Crippen LogP contribution >= 0.6 is 0 Å². The third-order valence-corrected chi connectivity index (χ3v) is 3.49. The number of Topliss-reactive ketones (excluding diaryl/α,β-unsaturated/α-hetero) is 1. The summed E-state index contributed by atoms with van der Waals surface area (Å²) in [4.78, 5) is 30.7. The topological polar surface area (TPSA) is 56.4 Å². The van der Waals surface area contributed by atoms with E-state index in [0.29, 0.717) is 0 Å². The molecule has 112 valence electrons. The average Bonchev–Trinajstić information content (AvgIpc) is 2.73. The minimum Gasteiger partial charge on any atom is -0.358 e. The molecule has 1 heterocycles. The Morgan fingerprint density at radius 3 is 2.43 bits per heavy atom. The van der Waals surface area contributed by atoms with Crippen LogP contribution in [0.15, 0.2) is 24.3 Å². The van der Waals surface area contributed by atoms with Crippen LogP contribution in [0.4, 0.5) is 0 Å². The first-order chi connectivity index (χ1) is 9.90. The number of aromatic nitrogens is 1. The lowest BCUT2D eigenvalue weighted by Gasteiger charge is -2.18. The predicted molar refractivity (Wildman–Crippen MR) is 83.6 cm³/mol. The van der Waals surface area contributed by atoms with Gasteiger partial charge in [0.25, 0.3) is 0 Å². The Bertz CT molecular complexity index is 673. The van der Waals surface area contributed by atoms with Crippen molar-refractivity contribution in [1.82, 2.24) is 14.8 Å². The molecular formula is C16H21N3O2. The van der Waals surface area contributed by atoms with Crippen LogP contribution in [0.1, 0.15) is 16.1 Å². The van der Waals surface area contributed by atoms with Crippen LogP contribution in [0.5, 0.6) is 0 Å². The summed E-state index contributed by atoms with van der Waals surface area (Å²) < 4.78 is 0. The smallest absolute Gasteiger partial charge is 0.236 e. The van der Waals surface area contributed by atoms with Crippen LogP contribution in [-0.2, 0) is 4.79 Å². The number of likely N-dealkylation sites (N-methyl/N-ethyl adjacent to an activating group) is 2. The van der Waals surface area contributed by atoms with E-state index in [0.717, 1.165) is 22.2 Å². The number of rotatable bonds is 5. The van der Waals surface area contributed by atoms with Crippen molar-refractivity contribution >= 4 is 22.6 Å². The number of benzene rings is 1. The predicted octanol–water partition coefficient (Wildman–Crippen LogP) is 1.68. The molecule has 0 aliphatic carbocycles. The second kappa shape index (κ2) is 6.10. The van der Waals surface area contributed by atoms with Crippen molar-refractivity contribution in [2.45, 2.75) is 6.92 Å². The second-order valence-corrected chi connectivity index (χ2v) is 5.55. The average molecular weight is 287 g/mol. The number of H-pyrrole nitrogens is 1. The number of amides is 1. The van der Waals surface area contributed by atoms with E-state index in [9.17, 15) is 9.59 Å². The van der Waals surface area contributed by atoms with Crippen molar-refractivity contribution in [2.75, 3.05) is 34.2 Å². The molecule has 0 atom stereocenters. The van der Waals surface area contributed by atoms with Crippen molar-refractivity contribution in [3.63, 3.8) is 0 Å². The van der Waals surface area contributed by atoms with Crippen molar-refractivity contribution < 1.29 is 9.59 Å². The van der Waals surface area contributed by atoms with Gasteiger partial charge in [-0.15, -0.1) is 0 Å². The molecule has 0 aliphatic rings. The summed E-state index contributed by atoms with van der Waals surface area (Å²) in [5.74, 6) is 0.0138. The highest BCUT2D eigenvalue weighted by Crippen LogP contribution is 2.22. The lowest BCUT2D eigenvalue weighted by atomic mass is 10.1. The summed E-state index contributed by atoms with van der Waals surface area (Å²) in [6.07, 6.45) is 0. The maximum Gasteiger partial charge on any atom is 0.236 e. The van der Waals surface area contributed by atoms with Crippen LogP contribution in [0, 0.1) is 6.92 Å². The van der Waals surface area contributed by atoms with Crippen LogP contribution < -0.4 is 0 Å². The Kier molecular flexibility index (Phi) is 4.43. The van der Waals surface area contributed by atoms with Gasteiger partial charge in [-0.3, -0.25) is 14.5 Å². The lowest BCUT2D eigenvalue weighted by Crippen LogP contribution is -2.37. The van der Waals surface area contributed by atoms with Crippen LogP contribution in [-0.4, -0.2) is 60.7 Å². The summed E-state index contributed by atoms with van der Waals surface area (Å²) in [5, 5.41) is 0.937. The summed E-state index contributed by atoms with van der Waals surface area (Å²) >= 11 is 0. The lowest BCUT2D eigenvalue weighted by molar-refractivity contribution is -0.129. The fourth-order valence-corrected chi connectivity index (χ4v) is 2.39. The van der Waals surface area contributed by atoms with E-state index in [4.69, 9.17) is 0 Å². The number of hydrogen-bond acceptors (Lipinski definition) is 3. The van der Waals surface area contributed by atoms with Gasteiger partial charge in [-0.1, -0.05) is 18.2 Å². The molecule has 1 amide bonds. The summed E-state index contributed by atoms with van der Waals surface area (Å²) in [7, 11) is 5.20. The number of para-hydroxylation sites is 1. The highest BCUT2D eigenvalue weighted by atomic mass is 16.2. The zero-order chi connectivity index (χ0) is 15.6. The van der Waals surface area contributed by atoms with Crippen LogP contribution in [0.25, 0.3) is 10.9 Å². The minimum absolute atomic E-state index is 0.0130. The normalized spacial score (nSPS) is 11.1. The van der Waals surface area contributed by atoms with Gasteiger partial charge in [0.05, 0.1) is 13.1 Å². The van der Waals surface area contributed by atoms with Gasteiger partial charge < -0.3 is 9.88 Å². The molecule has 1 aromatic carbocycles. The number of carbonyl (C=O) groups is 2. The Balaban J connectivity index is 2.16. The second-order valence-electron chi connectivity index (χ2n) is 5.55. The summed E-state index contributed by atoms with van der Waals surface area (Å²) in [5.41, 5.74) is 2.55. The third kappa shape index (κ3) is 3.31. The van der Waals surface area contributed by atoms with E-state index >= 15 is 0 Å². The van der Waals surface area contributed by atoms with E-state index in [-0.39, 0.29) is 24.8 Å². The third-order valence-electron chi connectivity index (χ3n) is 3.49. The minimum atomic E-state index is -0.0130. The molecule has 2 aromatic rings. The van der Waals surface area contributed by atoms with Crippen LogP contribution in [0.2, 0.25) is 0 Å². The first-order valence-corrected chi connectivity index (χ1v) is 6.89. The molecular weight excluding hydrogens is 266 g/mol. The molecule has 0 fully saturated rings. The van der Waals surface area contributed by atoms with Crippen molar-refractivity contribution in [1.29, 1.82) is 0 Å². The molecule has 0 saturated carbocycles. The zero-order valence-electron chi connectivity index (χ0n) is 12.9. The number of nitrogens with zero attached hydrogens (tertiary/aromatic N) is 2. The molecule has 0 unspecified atom stereocenters. The van der Waals surface area contributed by atoms with E-state index in [1.807, 2.05) is 31.2 Å².